The maximum atomic E-state index is 11.3. The number of fused-ring (bicyclic) bond motifs is 1. The number of nitrogens with one attached hydrogen (secondary N) is 1. The van der Waals surface area contributed by atoms with Gasteiger partial charge in [0.2, 0.25) is 0 Å². The van der Waals surface area contributed by atoms with E-state index in [2.05, 4.69) is 26.5 Å². The van der Waals surface area contributed by atoms with Crippen molar-refractivity contribution >= 4 is 38.8 Å². The largest absolute Gasteiger partial charge is 0.272 e. The molecule has 0 radical (unpaired) electrons. The van der Waals surface area contributed by atoms with Crippen molar-refractivity contribution in [3.05, 3.63) is 48.0 Å². The maximum absolute atomic E-state index is 11.3. The van der Waals surface area contributed by atoms with Crippen molar-refractivity contribution < 1.29 is 4.79 Å². The number of amides is 1. The summed E-state index contributed by atoms with van der Waals surface area (Å²) >= 11 is 3.18. The fraction of sp³-hybridized carbons (Fsp3) is 0.143. The highest BCUT2D eigenvalue weighted by Crippen LogP contribution is 2.16. The molecule has 0 aliphatic carbocycles. The van der Waals surface area contributed by atoms with Crippen LogP contribution in [0.5, 0.6) is 0 Å². The third-order valence-corrected chi connectivity index (χ3v) is 2.98. The van der Waals surface area contributed by atoms with E-state index in [1.54, 1.807) is 13.1 Å². The molecule has 0 aromatic heterocycles. The SMILES string of the molecule is CC(Br)C(=O)N/N=C/c1cccc2ccccc12. The second-order valence-corrected chi connectivity index (χ2v) is 5.29. The molecule has 0 spiro atoms. The zero-order chi connectivity index (χ0) is 13.0. The number of hydrogen-bond acceptors (Lipinski definition) is 2. The van der Waals surface area contributed by atoms with Gasteiger partial charge in [0.25, 0.3) is 5.91 Å². The Kier molecular flexibility index (Phi) is 4.10. The van der Waals surface area contributed by atoms with Crippen molar-refractivity contribution in [1.29, 1.82) is 0 Å². The van der Waals surface area contributed by atoms with Crippen molar-refractivity contribution in [2.45, 2.75) is 11.8 Å². The van der Waals surface area contributed by atoms with Gasteiger partial charge in [-0.05, 0) is 17.7 Å². The Bertz CT molecular complexity index is 588. The van der Waals surface area contributed by atoms with Gasteiger partial charge in [-0.25, -0.2) is 5.43 Å². The predicted molar refractivity (Wildman–Crippen MR) is 78.1 cm³/mol. The summed E-state index contributed by atoms with van der Waals surface area (Å²) in [5.74, 6) is -0.161. The molecule has 0 heterocycles. The summed E-state index contributed by atoms with van der Waals surface area (Å²) < 4.78 is 0. The van der Waals surface area contributed by atoms with Gasteiger partial charge < -0.3 is 0 Å². The molecular weight excluding hydrogens is 292 g/mol. The first kappa shape index (κ1) is 12.8. The molecule has 2 aromatic rings. The molecular formula is C14H13BrN2O. The van der Waals surface area contributed by atoms with Crippen LogP contribution in [0.3, 0.4) is 0 Å². The van der Waals surface area contributed by atoms with Crippen LogP contribution in [0.2, 0.25) is 0 Å². The second-order valence-electron chi connectivity index (χ2n) is 3.92. The van der Waals surface area contributed by atoms with E-state index in [-0.39, 0.29) is 10.7 Å². The zero-order valence-electron chi connectivity index (χ0n) is 9.93. The van der Waals surface area contributed by atoms with E-state index >= 15 is 0 Å². The summed E-state index contributed by atoms with van der Waals surface area (Å²) in [4.78, 5) is 11.1. The Morgan fingerprint density at radius 3 is 2.78 bits per heavy atom. The topological polar surface area (TPSA) is 41.5 Å². The number of halogens is 1. The first-order valence-electron chi connectivity index (χ1n) is 5.63. The van der Waals surface area contributed by atoms with Gasteiger partial charge in [-0.15, -0.1) is 0 Å². The molecule has 3 nitrogen and oxygen atoms in total. The lowest BCUT2D eigenvalue weighted by Gasteiger charge is -2.02. The van der Waals surface area contributed by atoms with Crippen molar-refractivity contribution in [2.24, 2.45) is 5.10 Å². The number of hydrogen-bond donors (Lipinski definition) is 1. The minimum atomic E-state index is -0.248. The van der Waals surface area contributed by atoms with Gasteiger partial charge in [-0.1, -0.05) is 58.4 Å². The number of carbonyl (C=O) groups excluding carboxylic acids is 1. The molecule has 1 amide bonds. The van der Waals surface area contributed by atoms with E-state index in [4.69, 9.17) is 0 Å². The van der Waals surface area contributed by atoms with Gasteiger partial charge in [0.05, 0.1) is 11.0 Å². The van der Waals surface area contributed by atoms with E-state index in [1.165, 1.54) is 0 Å². The molecule has 1 N–H and O–H groups in total. The number of carbonyl (C=O) groups is 1. The van der Waals surface area contributed by atoms with Crippen LogP contribution in [0.15, 0.2) is 47.6 Å². The Hall–Kier alpha value is -1.68. The normalized spacial score (nSPS) is 12.8. The minimum absolute atomic E-state index is 0.161. The summed E-state index contributed by atoms with van der Waals surface area (Å²) in [6.45, 7) is 1.75. The molecule has 0 aliphatic rings. The summed E-state index contributed by atoms with van der Waals surface area (Å²) in [5.41, 5.74) is 3.46. The van der Waals surface area contributed by atoms with Crippen molar-refractivity contribution in [3.8, 4) is 0 Å². The van der Waals surface area contributed by atoms with Gasteiger partial charge in [0.15, 0.2) is 0 Å². The quantitative estimate of drug-likeness (QED) is 0.528. The number of benzene rings is 2. The van der Waals surface area contributed by atoms with Gasteiger partial charge in [0.1, 0.15) is 0 Å². The highest BCUT2D eigenvalue weighted by atomic mass is 79.9. The highest BCUT2D eigenvalue weighted by molar-refractivity contribution is 9.10. The van der Waals surface area contributed by atoms with Crippen LogP contribution in [-0.2, 0) is 4.79 Å². The molecule has 1 atom stereocenters. The molecule has 1 unspecified atom stereocenters. The van der Waals surface area contributed by atoms with E-state index in [9.17, 15) is 4.79 Å². The second kappa shape index (κ2) is 5.78. The van der Waals surface area contributed by atoms with Gasteiger partial charge in [0, 0.05) is 5.56 Å². The zero-order valence-corrected chi connectivity index (χ0v) is 11.5. The number of rotatable bonds is 3. The van der Waals surface area contributed by atoms with Crippen molar-refractivity contribution in [3.63, 3.8) is 0 Å². The van der Waals surface area contributed by atoms with Gasteiger partial charge >= 0.3 is 0 Å². The molecule has 0 aliphatic heterocycles. The molecule has 0 fully saturated rings. The van der Waals surface area contributed by atoms with Crippen LogP contribution in [0.4, 0.5) is 0 Å². The summed E-state index contributed by atoms with van der Waals surface area (Å²) in [7, 11) is 0. The van der Waals surface area contributed by atoms with Crippen LogP contribution in [0.1, 0.15) is 12.5 Å². The molecule has 2 aromatic carbocycles. The molecule has 18 heavy (non-hydrogen) atoms. The van der Waals surface area contributed by atoms with Crippen molar-refractivity contribution in [1.82, 2.24) is 5.43 Å². The summed E-state index contributed by atoms with van der Waals surface area (Å²) in [5, 5.41) is 6.23. The maximum Gasteiger partial charge on any atom is 0.253 e. The van der Waals surface area contributed by atoms with E-state index in [0.717, 1.165) is 16.3 Å². The minimum Gasteiger partial charge on any atom is -0.272 e. The monoisotopic (exact) mass is 304 g/mol. The third kappa shape index (κ3) is 2.96. The fourth-order valence-electron chi connectivity index (χ4n) is 1.62. The fourth-order valence-corrected chi connectivity index (χ4v) is 1.72. The van der Waals surface area contributed by atoms with E-state index < -0.39 is 0 Å². The first-order valence-corrected chi connectivity index (χ1v) is 6.55. The summed E-state index contributed by atoms with van der Waals surface area (Å²) in [6.07, 6.45) is 1.66. The average molecular weight is 305 g/mol. The van der Waals surface area contributed by atoms with Gasteiger partial charge in [-0.3, -0.25) is 4.79 Å². The van der Waals surface area contributed by atoms with Crippen molar-refractivity contribution in [2.75, 3.05) is 0 Å². The van der Waals surface area contributed by atoms with Gasteiger partial charge in [-0.2, -0.15) is 5.10 Å². The highest BCUT2D eigenvalue weighted by Gasteiger charge is 2.05. The molecule has 0 saturated carbocycles. The molecule has 2 rings (SSSR count). The number of nitrogens with zero attached hydrogens (tertiary/aromatic N) is 1. The molecule has 0 saturated heterocycles. The smallest absolute Gasteiger partial charge is 0.253 e. The summed E-state index contributed by atoms with van der Waals surface area (Å²) in [6, 6.07) is 14.0. The van der Waals surface area contributed by atoms with E-state index in [0.29, 0.717) is 0 Å². The Balaban J connectivity index is 2.22. The number of hydrazone groups is 1. The lowest BCUT2D eigenvalue weighted by molar-refractivity contribution is -0.120. The Morgan fingerprint density at radius 2 is 2.00 bits per heavy atom. The van der Waals surface area contributed by atoms with Crippen LogP contribution in [0.25, 0.3) is 10.8 Å². The lowest BCUT2D eigenvalue weighted by Crippen LogP contribution is -2.24. The molecule has 92 valence electrons. The predicted octanol–water partition coefficient (Wildman–Crippen LogP) is 3.07. The average Bonchev–Trinajstić information content (AvgIpc) is 2.38. The Labute approximate surface area is 114 Å². The lowest BCUT2D eigenvalue weighted by atomic mass is 10.1. The van der Waals surface area contributed by atoms with E-state index in [1.807, 2.05) is 42.5 Å². The standard InChI is InChI=1S/C14H13BrN2O/c1-10(15)14(18)17-16-9-12-7-4-6-11-5-2-3-8-13(11)12/h2-10H,1H3,(H,17,18)/b16-9+. The number of alkyl halides is 1. The van der Waals surface area contributed by atoms with Crippen LogP contribution < -0.4 is 5.43 Å². The van der Waals surface area contributed by atoms with Crippen LogP contribution in [0, 0.1) is 0 Å². The van der Waals surface area contributed by atoms with Crippen LogP contribution in [-0.4, -0.2) is 16.9 Å². The third-order valence-electron chi connectivity index (χ3n) is 2.56. The molecule has 4 heteroatoms. The Morgan fingerprint density at radius 1 is 1.28 bits per heavy atom. The molecule has 0 bridgehead atoms. The first-order chi connectivity index (χ1) is 8.68. The van der Waals surface area contributed by atoms with Crippen LogP contribution >= 0.6 is 15.9 Å².